The van der Waals surface area contributed by atoms with E-state index in [0.29, 0.717) is 36.7 Å². The number of hydrogen-bond acceptors (Lipinski definition) is 4. The fourth-order valence-corrected chi connectivity index (χ4v) is 3.38. The van der Waals surface area contributed by atoms with Crippen LogP contribution in [0.5, 0.6) is 0 Å². The quantitative estimate of drug-likeness (QED) is 0.862. The first-order valence-corrected chi connectivity index (χ1v) is 8.60. The van der Waals surface area contributed by atoms with Gasteiger partial charge in [0.2, 0.25) is 0 Å². The summed E-state index contributed by atoms with van der Waals surface area (Å²) in [7, 11) is 1.81. The van der Waals surface area contributed by atoms with Crippen molar-refractivity contribution in [3.05, 3.63) is 46.0 Å². The highest BCUT2D eigenvalue weighted by atomic mass is 16.2. The lowest BCUT2D eigenvalue weighted by molar-refractivity contribution is 0.0723. The monoisotopic (exact) mass is 337 g/mol. The fourth-order valence-electron chi connectivity index (χ4n) is 3.38. The van der Waals surface area contributed by atoms with E-state index >= 15 is 0 Å². The molecule has 3 rings (SSSR count). The smallest absolute Gasteiger partial charge is 0.272 e. The number of fused-ring (bicyclic) bond motifs is 1. The average molecular weight is 337 g/mol. The number of pyridine rings is 1. The third kappa shape index (κ3) is 3.27. The van der Waals surface area contributed by atoms with Crippen molar-refractivity contribution in [3.8, 4) is 6.07 Å². The summed E-state index contributed by atoms with van der Waals surface area (Å²) in [5.41, 5.74) is 4.97. The van der Waals surface area contributed by atoms with Crippen LogP contribution in [-0.4, -0.2) is 32.1 Å². The van der Waals surface area contributed by atoms with Gasteiger partial charge < -0.3 is 4.90 Å². The first kappa shape index (κ1) is 17.2. The molecule has 0 aromatic carbocycles. The Kier molecular flexibility index (Phi) is 4.58. The Balaban J connectivity index is 1.84. The third-order valence-electron chi connectivity index (χ3n) is 4.62. The van der Waals surface area contributed by atoms with E-state index in [-0.39, 0.29) is 5.91 Å². The molecule has 0 radical (unpaired) electrons. The van der Waals surface area contributed by atoms with Crippen molar-refractivity contribution in [2.75, 3.05) is 6.54 Å². The average Bonchev–Trinajstić information content (AvgIpc) is 2.93. The van der Waals surface area contributed by atoms with Gasteiger partial charge in [0.15, 0.2) is 0 Å². The van der Waals surface area contributed by atoms with Crippen LogP contribution in [0.15, 0.2) is 12.3 Å². The summed E-state index contributed by atoms with van der Waals surface area (Å²) >= 11 is 0. The molecule has 130 valence electrons. The first-order valence-electron chi connectivity index (χ1n) is 8.60. The second kappa shape index (κ2) is 6.67. The number of aryl methyl sites for hydroxylation is 2. The predicted molar refractivity (Wildman–Crippen MR) is 93.9 cm³/mol. The zero-order valence-electron chi connectivity index (χ0n) is 15.2. The summed E-state index contributed by atoms with van der Waals surface area (Å²) < 4.78 is 1.67. The lowest BCUT2D eigenvalue weighted by atomic mass is 9.95. The molecule has 0 bridgehead atoms. The molecular weight excluding hydrogens is 314 g/mol. The Morgan fingerprint density at radius 1 is 1.44 bits per heavy atom. The highest BCUT2D eigenvalue weighted by molar-refractivity contribution is 5.92. The van der Waals surface area contributed by atoms with E-state index in [2.05, 4.69) is 30.0 Å². The summed E-state index contributed by atoms with van der Waals surface area (Å²) in [6.07, 6.45) is 3.33. The van der Waals surface area contributed by atoms with Crippen LogP contribution in [0.3, 0.4) is 0 Å². The number of aromatic nitrogens is 3. The molecular formula is C19H23N5O. The number of nitrogens with zero attached hydrogens (tertiary/aromatic N) is 5. The van der Waals surface area contributed by atoms with E-state index in [1.165, 1.54) is 0 Å². The molecule has 6 nitrogen and oxygen atoms in total. The van der Waals surface area contributed by atoms with E-state index in [1.807, 2.05) is 24.9 Å². The molecule has 3 heterocycles. The van der Waals surface area contributed by atoms with Gasteiger partial charge in [-0.25, -0.2) is 0 Å². The SMILES string of the molecule is Cc1ncc2c(c1C#N)CCN(C(=O)c1cc(CC(C)C)nn1C)C2. The molecule has 1 amide bonds. The molecule has 0 N–H and O–H groups in total. The molecule has 0 spiro atoms. The summed E-state index contributed by atoms with van der Waals surface area (Å²) in [4.78, 5) is 19.1. The molecule has 0 aliphatic carbocycles. The van der Waals surface area contributed by atoms with Crippen molar-refractivity contribution >= 4 is 5.91 Å². The lowest BCUT2D eigenvalue weighted by Crippen LogP contribution is -2.37. The maximum absolute atomic E-state index is 12.9. The van der Waals surface area contributed by atoms with E-state index in [9.17, 15) is 10.1 Å². The lowest BCUT2D eigenvalue weighted by Gasteiger charge is -2.29. The number of rotatable bonds is 3. The normalized spacial score (nSPS) is 13.7. The Labute approximate surface area is 148 Å². The van der Waals surface area contributed by atoms with Gasteiger partial charge in [-0.15, -0.1) is 0 Å². The van der Waals surface area contributed by atoms with E-state index < -0.39 is 0 Å². The second-order valence-electron chi connectivity index (χ2n) is 7.05. The molecule has 1 aliphatic rings. The number of carbonyl (C=O) groups excluding carboxylic acids is 1. The van der Waals surface area contributed by atoms with Crippen LogP contribution < -0.4 is 0 Å². The van der Waals surface area contributed by atoms with E-state index in [0.717, 1.165) is 28.9 Å². The molecule has 0 saturated carbocycles. The van der Waals surface area contributed by atoms with Crippen molar-refractivity contribution in [2.24, 2.45) is 13.0 Å². The Bertz CT molecular complexity index is 859. The maximum atomic E-state index is 12.9. The number of carbonyl (C=O) groups is 1. The van der Waals surface area contributed by atoms with Gasteiger partial charge in [0.05, 0.1) is 17.0 Å². The zero-order valence-corrected chi connectivity index (χ0v) is 15.2. The van der Waals surface area contributed by atoms with Gasteiger partial charge in [-0.3, -0.25) is 14.5 Å². The van der Waals surface area contributed by atoms with Gasteiger partial charge in [-0.1, -0.05) is 13.8 Å². The van der Waals surface area contributed by atoms with Gasteiger partial charge in [0, 0.05) is 26.3 Å². The molecule has 2 aromatic rings. The molecule has 0 saturated heterocycles. The van der Waals surface area contributed by atoms with Crippen LogP contribution >= 0.6 is 0 Å². The fraction of sp³-hybridized carbons (Fsp3) is 0.474. The van der Waals surface area contributed by atoms with Crippen molar-refractivity contribution in [1.82, 2.24) is 19.7 Å². The largest absolute Gasteiger partial charge is 0.333 e. The topological polar surface area (TPSA) is 74.8 Å². The summed E-state index contributed by atoms with van der Waals surface area (Å²) in [5, 5.41) is 13.8. The van der Waals surface area contributed by atoms with Crippen LogP contribution in [0.4, 0.5) is 0 Å². The van der Waals surface area contributed by atoms with Gasteiger partial charge in [-0.2, -0.15) is 10.4 Å². The maximum Gasteiger partial charge on any atom is 0.272 e. The van der Waals surface area contributed by atoms with Crippen molar-refractivity contribution in [2.45, 2.75) is 40.2 Å². The number of hydrogen-bond donors (Lipinski definition) is 0. The van der Waals surface area contributed by atoms with Crippen LogP contribution in [0.1, 0.15) is 52.4 Å². The van der Waals surface area contributed by atoms with E-state index in [1.54, 1.807) is 10.9 Å². The minimum atomic E-state index is -0.0188. The summed E-state index contributed by atoms with van der Waals surface area (Å²) in [6.45, 7) is 7.22. The minimum Gasteiger partial charge on any atom is -0.333 e. The van der Waals surface area contributed by atoms with Gasteiger partial charge >= 0.3 is 0 Å². The standard InChI is InChI=1S/C19H23N5O/c1-12(2)7-15-8-18(23(4)22-15)19(25)24-6-5-16-14(11-24)10-21-13(3)17(16)9-20/h8,10,12H,5-7,11H2,1-4H3. The Hall–Kier alpha value is -2.68. The molecule has 25 heavy (non-hydrogen) atoms. The second-order valence-corrected chi connectivity index (χ2v) is 7.05. The van der Waals surface area contributed by atoms with Crippen LogP contribution in [-0.2, 0) is 26.4 Å². The van der Waals surface area contributed by atoms with Gasteiger partial charge in [0.1, 0.15) is 11.8 Å². The van der Waals surface area contributed by atoms with E-state index in [4.69, 9.17) is 0 Å². The highest BCUT2D eigenvalue weighted by Crippen LogP contribution is 2.24. The van der Waals surface area contributed by atoms with Gasteiger partial charge in [0.25, 0.3) is 5.91 Å². The number of amides is 1. The minimum absolute atomic E-state index is 0.0188. The molecule has 1 aliphatic heterocycles. The Morgan fingerprint density at radius 3 is 2.88 bits per heavy atom. The molecule has 0 unspecified atom stereocenters. The van der Waals surface area contributed by atoms with Crippen LogP contribution in [0.25, 0.3) is 0 Å². The van der Waals surface area contributed by atoms with Crippen LogP contribution in [0.2, 0.25) is 0 Å². The summed E-state index contributed by atoms with van der Waals surface area (Å²) in [6, 6.07) is 4.14. The summed E-state index contributed by atoms with van der Waals surface area (Å²) in [5.74, 6) is 0.480. The van der Waals surface area contributed by atoms with Crippen molar-refractivity contribution < 1.29 is 4.79 Å². The first-order chi connectivity index (χ1) is 11.9. The zero-order chi connectivity index (χ0) is 18.1. The third-order valence-corrected chi connectivity index (χ3v) is 4.62. The molecule has 2 aromatic heterocycles. The molecule has 6 heteroatoms. The predicted octanol–water partition coefficient (Wildman–Crippen LogP) is 2.39. The van der Waals surface area contributed by atoms with Crippen LogP contribution in [0, 0.1) is 24.2 Å². The Morgan fingerprint density at radius 2 is 2.20 bits per heavy atom. The number of nitriles is 1. The molecule has 0 fully saturated rings. The molecule has 0 atom stereocenters. The van der Waals surface area contributed by atoms with Crippen molar-refractivity contribution in [1.29, 1.82) is 5.26 Å². The van der Waals surface area contributed by atoms with Crippen molar-refractivity contribution in [3.63, 3.8) is 0 Å². The van der Waals surface area contributed by atoms with Gasteiger partial charge in [-0.05, 0) is 42.9 Å². The highest BCUT2D eigenvalue weighted by Gasteiger charge is 2.26.